The smallest absolute Gasteiger partial charge is 0.338 e. The van der Waals surface area contributed by atoms with Gasteiger partial charge in [-0.15, -0.1) is 0 Å². The second-order valence-electron chi connectivity index (χ2n) is 8.56. The minimum absolute atomic E-state index is 0.0957. The first-order valence-corrected chi connectivity index (χ1v) is 10.1. The molecule has 1 atom stereocenters. The third kappa shape index (κ3) is 3.41. The summed E-state index contributed by atoms with van der Waals surface area (Å²) in [6, 6.07) is 3.75. The van der Waals surface area contributed by atoms with Crippen molar-refractivity contribution in [2.75, 3.05) is 19.6 Å². The molecule has 1 unspecified atom stereocenters. The number of hydrogen-bond donors (Lipinski definition) is 1. The fourth-order valence-corrected chi connectivity index (χ4v) is 5.19. The third-order valence-corrected chi connectivity index (χ3v) is 6.63. The summed E-state index contributed by atoms with van der Waals surface area (Å²) < 4.78 is 28.1. The highest BCUT2D eigenvalue weighted by atomic mass is 19.3. The quantitative estimate of drug-likeness (QED) is 0.823. The Labute approximate surface area is 163 Å². The molecule has 1 aliphatic carbocycles. The Morgan fingerprint density at radius 2 is 2.00 bits per heavy atom. The van der Waals surface area contributed by atoms with Crippen LogP contribution in [0.4, 0.5) is 8.78 Å². The Kier molecular flexibility index (Phi) is 4.89. The molecule has 2 aliphatic rings. The van der Waals surface area contributed by atoms with Crippen LogP contribution in [0.3, 0.4) is 0 Å². The maximum absolute atomic E-state index is 13.0. The van der Waals surface area contributed by atoms with Crippen molar-refractivity contribution in [3.8, 4) is 0 Å². The van der Waals surface area contributed by atoms with Crippen LogP contribution in [0.1, 0.15) is 54.7 Å². The van der Waals surface area contributed by atoms with Gasteiger partial charge in [-0.3, -0.25) is 4.90 Å². The van der Waals surface area contributed by atoms with Crippen molar-refractivity contribution < 1.29 is 18.7 Å². The van der Waals surface area contributed by atoms with Gasteiger partial charge in [0, 0.05) is 29.9 Å². The molecule has 2 fully saturated rings. The number of carboxylic acids is 1. The van der Waals surface area contributed by atoms with Crippen LogP contribution in [-0.4, -0.2) is 51.1 Å². The van der Waals surface area contributed by atoms with Crippen LogP contribution in [0.2, 0.25) is 0 Å². The van der Waals surface area contributed by atoms with Gasteiger partial charge in [-0.2, -0.15) is 0 Å². The van der Waals surface area contributed by atoms with E-state index in [4.69, 9.17) is 0 Å². The van der Waals surface area contributed by atoms with Crippen molar-refractivity contribution in [2.45, 2.75) is 51.5 Å². The number of hydrogen-bond acceptors (Lipinski definition) is 3. The van der Waals surface area contributed by atoms with Crippen LogP contribution in [-0.2, 0) is 0 Å². The van der Waals surface area contributed by atoms with Crippen molar-refractivity contribution in [1.82, 2.24) is 14.5 Å². The molecule has 1 aliphatic heterocycles. The number of aromatic nitrogens is 2. The summed E-state index contributed by atoms with van der Waals surface area (Å²) in [6.07, 6.45) is 5.84. The summed E-state index contributed by atoms with van der Waals surface area (Å²) in [4.78, 5) is 18.1. The van der Waals surface area contributed by atoms with Gasteiger partial charge in [-0.1, -0.05) is 0 Å². The van der Waals surface area contributed by atoms with Gasteiger partial charge < -0.3 is 9.67 Å². The number of likely N-dealkylation sites (tertiary alicyclic amines) is 1. The zero-order valence-electron chi connectivity index (χ0n) is 16.4. The SMILES string of the molecule is Cc1c(C(=O)O)c2cccnc2n1C(C)C1CCC(CN2CC(F)(F)C2)CC1. The molecule has 2 aromatic rings. The number of nitrogens with zero attached hydrogens (tertiary/aromatic N) is 3. The molecular weight excluding hydrogens is 364 g/mol. The summed E-state index contributed by atoms with van der Waals surface area (Å²) in [5.41, 5.74) is 1.82. The van der Waals surface area contributed by atoms with Crippen LogP contribution >= 0.6 is 0 Å². The lowest BCUT2D eigenvalue weighted by molar-refractivity contribution is -0.135. The van der Waals surface area contributed by atoms with Crippen molar-refractivity contribution in [1.29, 1.82) is 0 Å². The molecule has 0 bridgehead atoms. The minimum atomic E-state index is -2.49. The molecule has 1 saturated heterocycles. The molecule has 7 heteroatoms. The number of aromatic carboxylic acids is 1. The van der Waals surface area contributed by atoms with E-state index in [1.165, 1.54) is 0 Å². The summed E-state index contributed by atoms with van der Waals surface area (Å²) in [6.45, 7) is 4.58. The number of fused-ring (bicyclic) bond motifs is 1. The molecule has 3 heterocycles. The fourth-order valence-electron chi connectivity index (χ4n) is 5.19. The lowest BCUT2D eigenvalue weighted by Gasteiger charge is -2.42. The Bertz CT molecular complexity index is 879. The molecule has 5 nitrogen and oxygen atoms in total. The molecular formula is C21H27F2N3O2. The van der Waals surface area contributed by atoms with E-state index < -0.39 is 11.9 Å². The number of carboxylic acid groups (broad SMARTS) is 1. The Morgan fingerprint density at radius 1 is 1.32 bits per heavy atom. The fraction of sp³-hybridized carbons (Fsp3) is 0.619. The van der Waals surface area contributed by atoms with Gasteiger partial charge >= 0.3 is 5.97 Å². The topological polar surface area (TPSA) is 58.4 Å². The van der Waals surface area contributed by atoms with Gasteiger partial charge in [-0.25, -0.2) is 18.6 Å². The lowest BCUT2D eigenvalue weighted by atomic mass is 9.78. The highest BCUT2D eigenvalue weighted by Crippen LogP contribution is 2.40. The van der Waals surface area contributed by atoms with Gasteiger partial charge in [0.25, 0.3) is 5.92 Å². The molecule has 1 saturated carbocycles. The summed E-state index contributed by atoms with van der Waals surface area (Å²) in [5, 5.41) is 10.3. The van der Waals surface area contributed by atoms with E-state index in [1.54, 1.807) is 12.3 Å². The molecule has 2 aromatic heterocycles. The van der Waals surface area contributed by atoms with Gasteiger partial charge in [0.15, 0.2) is 0 Å². The van der Waals surface area contributed by atoms with Crippen molar-refractivity contribution in [3.05, 3.63) is 29.6 Å². The largest absolute Gasteiger partial charge is 0.478 e. The van der Waals surface area contributed by atoms with Gasteiger partial charge in [-0.05, 0) is 63.5 Å². The van der Waals surface area contributed by atoms with Gasteiger partial charge in [0.05, 0.1) is 18.7 Å². The molecule has 0 amide bonds. The van der Waals surface area contributed by atoms with E-state index in [2.05, 4.69) is 16.5 Å². The average molecular weight is 391 g/mol. The number of carbonyl (C=O) groups is 1. The van der Waals surface area contributed by atoms with Crippen LogP contribution in [0.25, 0.3) is 11.0 Å². The van der Waals surface area contributed by atoms with E-state index in [0.717, 1.165) is 43.6 Å². The van der Waals surface area contributed by atoms with E-state index in [-0.39, 0.29) is 19.1 Å². The van der Waals surface area contributed by atoms with Gasteiger partial charge in [0.1, 0.15) is 5.65 Å². The normalized spacial score (nSPS) is 26.1. The lowest BCUT2D eigenvalue weighted by Crippen LogP contribution is -2.57. The van der Waals surface area contributed by atoms with Crippen LogP contribution in [0, 0.1) is 18.8 Å². The van der Waals surface area contributed by atoms with Gasteiger partial charge in [0.2, 0.25) is 0 Å². The standard InChI is InChI=1S/C21H27F2N3O2/c1-13(16-7-5-15(6-8-16)10-25-11-21(22,23)12-25)26-14(2)18(20(27)28)17-4-3-9-24-19(17)26/h3-4,9,13,15-16H,5-8,10-12H2,1-2H3,(H,27,28). The molecule has 4 rings (SSSR count). The van der Waals surface area contributed by atoms with E-state index in [9.17, 15) is 18.7 Å². The van der Waals surface area contributed by atoms with Crippen LogP contribution < -0.4 is 0 Å². The summed E-state index contributed by atoms with van der Waals surface area (Å²) in [7, 11) is 0. The molecule has 0 aromatic carbocycles. The zero-order valence-corrected chi connectivity index (χ0v) is 16.4. The number of pyridine rings is 1. The van der Waals surface area contributed by atoms with Crippen molar-refractivity contribution in [3.63, 3.8) is 0 Å². The highest BCUT2D eigenvalue weighted by molar-refractivity contribution is 6.04. The molecule has 1 N–H and O–H groups in total. The zero-order chi connectivity index (χ0) is 20.1. The molecule has 152 valence electrons. The van der Waals surface area contributed by atoms with Crippen molar-refractivity contribution >= 4 is 17.0 Å². The van der Waals surface area contributed by atoms with Crippen LogP contribution in [0.15, 0.2) is 18.3 Å². The predicted octanol–water partition coefficient (Wildman–Crippen LogP) is 4.36. The predicted molar refractivity (Wildman–Crippen MR) is 103 cm³/mol. The first kappa shape index (κ1) is 19.3. The first-order chi connectivity index (χ1) is 13.3. The third-order valence-electron chi connectivity index (χ3n) is 6.63. The Morgan fingerprint density at radius 3 is 2.61 bits per heavy atom. The first-order valence-electron chi connectivity index (χ1n) is 10.1. The van der Waals surface area contributed by atoms with E-state index in [0.29, 0.717) is 22.8 Å². The van der Waals surface area contributed by atoms with E-state index >= 15 is 0 Å². The Hall–Kier alpha value is -2.02. The molecule has 0 spiro atoms. The average Bonchev–Trinajstić information content (AvgIpc) is 2.92. The second-order valence-corrected chi connectivity index (χ2v) is 8.56. The van der Waals surface area contributed by atoms with Crippen LogP contribution in [0.5, 0.6) is 0 Å². The highest BCUT2D eigenvalue weighted by Gasteiger charge is 2.44. The maximum Gasteiger partial charge on any atom is 0.338 e. The Balaban J connectivity index is 1.47. The number of rotatable bonds is 5. The van der Waals surface area contributed by atoms with Crippen molar-refractivity contribution in [2.24, 2.45) is 11.8 Å². The maximum atomic E-state index is 13.0. The second kappa shape index (κ2) is 7.10. The summed E-state index contributed by atoms with van der Waals surface area (Å²) in [5.74, 6) is -2.49. The monoisotopic (exact) mass is 391 g/mol. The molecule has 0 radical (unpaired) electrons. The number of halogens is 2. The summed E-state index contributed by atoms with van der Waals surface area (Å²) >= 11 is 0. The minimum Gasteiger partial charge on any atom is -0.478 e. The number of alkyl halides is 2. The van der Waals surface area contributed by atoms with E-state index in [1.807, 2.05) is 17.9 Å². The molecule has 28 heavy (non-hydrogen) atoms.